The summed E-state index contributed by atoms with van der Waals surface area (Å²) >= 11 is 3.45. The highest BCUT2D eigenvalue weighted by Gasteiger charge is 2.20. The van der Waals surface area contributed by atoms with Gasteiger partial charge in [0.25, 0.3) is 0 Å². The van der Waals surface area contributed by atoms with Crippen molar-refractivity contribution in [2.24, 2.45) is 7.05 Å². The molecule has 20 heavy (non-hydrogen) atoms. The Balaban J connectivity index is 2.48. The molecule has 0 radical (unpaired) electrons. The second-order valence-electron chi connectivity index (χ2n) is 4.88. The van der Waals surface area contributed by atoms with E-state index in [1.807, 2.05) is 42.1 Å². The van der Waals surface area contributed by atoms with Crippen LogP contribution >= 0.6 is 15.9 Å². The zero-order valence-corrected chi connectivity index (χ0v) is 12.1. The third-order valence-electron chi connectivity index (χ3n) is 3.74. The first-order valence-corrected chi connectivity index (χ1v) is 6.93. The number of halogens is 1. The topological polar surface area (TPSA) is 43.5 Å². The van der Waals surface area contributed by atoms with Gasteiger partial charge in [-0.15, -0.1) is 0 Å². The number of aryl methyl sites for hydroxylation is 1. The van der Waals surface area contributed by atoms with Crippen molar-refractivity contribution in [1.82, 2.24) is 8.97 Å². The van der Waals surface area contributed by atoms with E-state index in [1.165, 1.54) is 10.5 Å². The van der Waals surface area contributed by atoms with Crippen LogP contribution in [-0.2, 0) is 7.05 Å². The van der Waals surface area contributed by atoms with Gasteiger partial charge in [-0.25, -0.2) is 0 Å². The summed E-state index contributed by atoms with van der Waals surface area (Å²) in [5.74, 6) is 0. The van der Waals surface area contributed by atoms with Gasteiger partial charge in [0.15, 0.2) is 0 Å². The molecule has 0 unspecified atom stereocenters. The summed E-state index contributed by atoms with van der Waals surface area (Å²) in [6.07, 6.45) is 1.90. The van der Waals surface area contributed by atoms with Crippen LogP contribution in [-0.4, -0.2) is 8.97 Å². The lowest BCUT2D eigenvalue weighted by Gasteiger charge is -2.11. The SMILES string of the molecule is Cn1ccc2c3n(c(=O)c(=O)cc1-3)c1ccc(Br)cc21. The van der Waals surface area contributed by atoms with Crippen molar-refractivity contribution in [2.75, 3.05) is 0 Å². The lowest BCUT2D eigenvalue weighted by molar-refractivity contribution is 0.896. The summed E-state index contributed by atoms with van der Waals surface area (Å²) in [7, 11) is 1.87. The Morgan fingerprint density at radius 1 is 1.05 bits per heavy atom. The first kappa shape index (κ1) is 11.7. The molecule has 0 atom stereocenters. The number of hydrogen-bond donors (Lipinski definition) is 0. The van der Waals surface area contributed by atoms with E-state index in [4.69, 9.17) is 0 Å². The van der Waals surface area contributed by atoms with Crippen LogP contribution in [0.2, 0.25) is 0 Å². The standard InChI is InChI=1S/C15H9BrN2O2/c1-17-5-4-9-10-6-8(16)2-3-11(10)18-14(9)12(17)7-13(19)15(18)20/h2-7H,1H3. The van der Waals surface area contributed by atoms with Gasteiger partial charge >= 0.3 is 5.56 Å². The molecule has 0 saturated carbocycles. The minimum Gasteiger partial charge on any atom is -0.349 e. The summed E-state index contributed by atoms with van der Waals surface area (Å²) < 4.78 is 4.33. The smallest absolute Gasteiger partial charge is 0.303 e. The number of pyridine rings is 2. The fourth-order valence-electron chi connectivity index (χ4n) is 2.82. The number of benzene rings is 1. The number of nitrogens with zero attached hydrogens (tertiary/aromatic N) is 2. The average Bonchev–Trinajstić information content (AvgIpc) is 2.74. The molecule has 0 fully saturated rings. The number of hydrogen-bond acceptors (Lipinski definition) is 2. The molecule has 3 heterocycles. The van der Waals surface area contributed by atoms with Crippen LogP contribution in [0, 0.1) is 0 Å². The predicted octanol–water partition coefficient (Wildman–Crippen LogP) is 2.46. The number of rotatable bonds is 0. The Labute approximate surface area is 121 Å². The van der Waals surface area contributed by atoms with Crippen LogP contribution in [0.15, 0.2) is 50.6 Å². The highest BCUT2D eigenvalue weighted by Crippen LogP contribution is 2.34. The maximum absolute atomic E-state index is 12.2. The van der Waals surface area contributed by atoms with Crippen molar-refractivity contribution < 1.29 is 0 Å². The van der Waals surface area contributed by atoms with Crippen molar-refractivity contribution in [3.8, 4) is 11.4 Å². The van der Waals surface area contributed by atoms with Crippen molar-refractivity contribution in [2.45, 2.75) is 0 Å². The zero-order chi connectivity index (χ0) is 14.0. The van der Waals surface area contributed by atoms with Gasteiger partial charge in [0, 0.05) is 34.6 Å². The maximum atomic E-state index is 12.2. The van der Waals surface area contributed by atoms with E-state index in [1.54, 1.807) is 0 Å². The fourth-order valence-corrected chi connectivity index (χ4v) is 3.18. The van der Waals surface area contributed by atoms with Gasteiger partial charge in [-0.1, -0.05) is 15.9 Å². The molecule has 2 aliphatic heterocycles. The molecule has 5 heteroatoms. The normalized spacial score (nSPS) is 11.9. The number of fused-ring (bicyclic) bond motifs is 3. The van der Waals surface area contributed by atoms with Crippen LogP contribution in [0.3, 0.4) is 0 Å². The van der Waals surface area contributed by atoms with Crippen LogP contribution < -0.4 is 11.0 Å². The molecule has 0 spiro atoms. The largest absolute Gasteiger partial charge is 0.349 e. The van der Waals surface area contributed by atoms with E-state index < -0.39 is 11.0 Å². The van der Waals surface area contributed by atoms with Crippen LogP contribution in [0.4, 0.5) is 0 Å². The lowest BCUT2D eigenvalue weighted by Crippen LogP contribution is -2.31. The molecule has 2 aromatic rings. The van der Waals surface area contributed by atoms with Crippen LogP contribution in [0.1, 0.15) is 0 Å². The molecule has 0 amide bonds. The Morgan fingerprint density at radius 2 is 1.85 bits per heavy atom. The van der Waals surface area contributed by atoms with E-state index >= 15 is 0 Å². The van der Waals surface area contributed by atoms with E-state index in [0.29, 0.717) is 0 Å². The van der Waals surface area contributed by atoms with Crippen molar-refractivity contribution in [3.63, 3.8) is 0 Å². The van der Waals surface area contributed by atoms with Gasteiger partial charge in [0.2, 0.25) is 5.43 Å². The van der Waals surface area contributed by atoms with Gasteiger partial charge < -0.3 is 4.57 Å². The first-order valence-electron chi connectivity index (χ1n) is 6.13. The molecular weight excluding hydrogens is 320 g/mol. The molecule has 1 aromatic heterocycles. The number of aromatic nitrogens is 2. The van der Waals surface area contributed by atoms with E-state index in [2.05, 4.69) is 15.9 Å². The molecule has 98 valence electrons. The summed E-state index contributed by atoms with van der Waals surface area (Å²) in [4.78, 5) is 24.1. The average molecular weight is 329 g/mol. The molecule has 1 aromatic carbocycles. The minimum absolute atomic E-state index is 0.485. The molecule has 0 aliphatic carbocycles. The van der Waals surface area contributed by atoms with E-state index in [-0.39, 0.29) is 0 Å². The third kappa shape index (κ3) is 1.30. The van der Waals surface area contributed by atoms with Gasteiger partial charge in [-0.3, -0.25) is 14.0 Å². The van der Waals surface area contributed by atoms with Crippen molar-refractivity contribution >= 4 is 32.2 Å². The summed E-state index contributed by atoms with van der Waals surface area (Å²) in [5, 5.41) is 1.94. The van der Waals surface area contributed by atoms with Crippen LogP contribution in [0.25, 0.3) is 27.7 Å². The quantitative estimate of drug-likeness (QED) is 0.465. The van der Waals surface area contributed by atoms with Gasteiger partial charge in [-0.2, -0.15) is 0 Å². The Morgan fingerprint density at radius 3 is 2.65 bits per heavy atom. The molecule has 0 bridgehead atoms. The van der Waals surface area contributed by atoms with Crippen molar-refractivity contribution in [1.29, 1.82) is 0 Å². The fraction of sp³-hybridized carbons (Fsp3) is 0.0667. The van der Waals surface area contributed by atoms with Gasteiger partial charge in [-0.05, 0) is 24.3 Å². The van der Waals surface area contributed by atoms with Gasteiger partial charge in [0.1, 0.15) is 0 Å². The second-order valence-corrected chi connectivity index (χ2v) is 5.80. The van der Waals surface area contributed by atoms with Gasteiger partial charge in [0.05, 0.1) is 16.9 Å². The third-order valence-corrected chi connectivity index (χ3v) is 4.23. The summed E-state index contributed by atoms with van der Waals surface area (Å²) in [5.41, 5.74) is 1.35. The molecule has 0 N–H and O–H groups in total. The molecule has 4 nitrogen and oxygen atoms in total. The monoisotopic (exact) mass is 328 g/mol. The lowest BCUT2D eigenvalue weighted by atomic mass is 10.1. The Hall–Kier alpha value is -2.14. The molecule has 0 saturated heterocycles. The van der Waals surface area contributed by atoms with Crippen LogP contribution in [0.5, 0.6) is 0 Å². The van der Waals surface area contributed by atoms with E-state index in [0.717, 1.165) is 32.1 Å². The first-order chi connectivity index (χ1) is 9.58. The van der Waals surface area contributed by atoms with E-state index in [9.17, 15) is 9.59 Å². The second kappa shape index (κ2) is 3.70. The predicted molar refractivity (Wildman–Crippen MR) is 81.9 cm³/mol. The molecular formula is C15H9BrN2O2. The summed E-state index contributed by atoms with van der Waals surface area (Å²) in [6, 6.07) is 9.10. The highest BCUT2D eigenvalue weighted by atomic mass is 79.9. The minimum atomic E-state index is -0.494. The highest BCUT2D eigenvalue weighted by molar-refractivity contribution is 9.10. The maximum Gasteiger partial charge on any atom is 0.303 e. The molecule has 4 rings (SSSR count). The summed E-state index contributed by atoms with van der Waals surface area (Å²) in [6.45, 7) is 0. The zero-order valence-electron chi connectivity index (χ0n) is 10.6. The van der Waals surface area contributed by atoms with Crippen molar-refractivity contribution in [3.05, 3.63) is 61.6 Å². The Bertz CT molecular complexity index is 1060. The Kier molecular flexibility index (Phi) is 2.16. The molecule has 2 aliphatic rings.